The van der Waals surface area contributed by atoms with E-state index in [1.807, 2.05) is 29.3 Å². The molecule has 6 nitrogen and oxygen atoms in total. The van der Waals surface area contributed by atoms with Crippen LogP contribution < -0.4 is 5.32 Å². The quantitative estimate of drug-likeness (QED) is 0.933. The molecule has 0 atom stereocenters. The van der Waals surface area contributed by atoms with Crippen LogP contribution in [0.3, 0.4) is 0 Å². The highest BCUT2D eigenvalue weighted by Crippen LogP contribution is 2.17. The van der Waals surface area contributed by atoms with Gasteiger partial charge >= 0.3 is 0 Å². The maximum atomic E-state index is 12.2. The topological polar surface area (TPSA) is 71.3 Å². The van der Waals surface area contributed by atoms with Crippen molar-refractivity contribution in [2.75, 3.05) is 13.1 Å². The van der Waals surface area contributed by atoms with Gasteiger partial charge in [0.1, 0.15) is 11.4 Å². The number of carbonyl (C=O) groups is 1. The molecule has 7 heteroatoms. The van der Waals surface area contributed by atoms with Crippen LogP contribution in [0.4, 0.5) is 0 Å². The zero-order valence-corrected chi connectivity index (χ0v) is 12.7. The van der Waals surface area contributed by atoms with Gasteiger partial charge in [0, 0.05) is 25.7 Å². The van der Waals surface area contributed by atoms with Crippen molar-refractivity contribution in [1.82, 2.24) is 20.5 Å². The van der Waals surface area contributed by atoms with Crippen molar-refractivity contribution in [3.63, 3.8) is 0 Å². The molecule has 1 saturated heterocycles. The molecular formula is C14H18N4O2S. The van der Waals surface area contributed by atoms with E-state index in [2.05, 4.69) is 20.3 Å². The summed E-state index contributed by atoms with van der Waals surface area (Å²) in [6.07, 6.45) is 1.92. The van der Waals surface area contributed by atoms with Gasteiger partial charge < -0.3 is 10.2 Å². The third-order valence-corrected chi connectivity index (χ3v) is 4.68. The molecule has 1 aliphatic heterocycles. The van der Waals surface area contributed by atoms with E-state index in [9.17, 15) is 4.79 Å². The Morgan fingerprint density at radius 2 is 2.29 bits per heavy atom. The highest BCUT2D eigenvalue weighted by molar-refractivity contribution is 7.12. The summed E-state index contributed by atoms with van der Waals surface area (Å²) in [7, 11) is 0. The number of carbonyl (C=O) groups excluding carboxylic acids is 1. The number of hydrogen-bond donors (Lipinski definition) is 1. The Kier molecular flexibility index (Phi) is 4.31. The number of nitrogens with zero attached hydrogens (tertiary/aromatic N) is 3. The Bertz CT molecular complexity index is 588. The smallest absolute Gasteiger partial charge is 0.263 e. The van der Waals surface area contributed by atoms with E-state index in [-0.39, 0.29) is 5.91 Å². The average Bonchev–Trinajstić information content (AvgIpc) is 3.17. The monoisotopic (exact) mass is 306 g/mol. The molecule has 2 aromatic heterocycles. The maximum absolute atomic E-state index is 12.2. The molecule has 0 bridgehead atoms. The number of rotatable bonds is 4. The number of nitrogens with one attached hydrogen (secondary N) is 1. The summed E-state index contributed by atoms with van der Waals surface area (Å²) < 4.78 is 4.68. The molecule has 112 valence electrons. The van der Waals surface area contributed by atoms with Crippen molar-refractivity contribution in [3.8, 4) is 0 Å². The van der Waals surface area contributed by atoms with Gasteiger partial charge in [0.2, 0.25) is 0 Å². The lowest BCUT2D eigenvalue weighted by Gasteiger charge is -2.32. The first-order valence-electron chi connectivity index (χ1n) is 7.08. The minimum absolute atomic E-state index is 0.153. The van der Waals surface area contributed by atoms with Gasteiger partial charge in [-0.15, -0.1) is 11.3 Å². The van der Waals surface area contributed by atoms with Gasteiger partial charge in [-0.25, -0.2) is 4.63 Å². The lowest BCUT2D eigenvalue weighted by molar-refractivity contribution is 0.0709. The van der Waals surface area contributed by atoms with Gasteiger partial charge in [-0.3, -0.25) is 4.79 Å². The van der Waals surface area contributed by atoms with Crippen LogP contribution in [-0.2, 0) is 6.54 Å². The predicted octanol–water partition coefficient (Wildman–Crippen LogP) is 1.83. The number of aromatic nitrogens is 2. The lowest BCUT2D eigenvalue weighted by Crippen LogP contribution is -2.44. The summed E-state index contributed by atoms with van der Waals surface area (Å²) in [5.74, 6) is 0.153. The number of amides is 1. The first kappa shape index (κ1) is 14.2. The summed E-state index contributed by atoms with van der Waals surface area (Å²) >= 11 is 1.50. The van der Waals surface area contributed by atoms with Crippen molar-refractivity contribution in [2.45, 2.75) is 32.4 Å². The molecule has 1 aliphatic rings. The Morgan fingerprint density at radius 1 is 1.48 bits per heavy atom. The lowest BCUT2D eigenvalue weighted by atomic mass is 10.0. The van der Waals surface area contributed by atoms with E-state index in [0.717, 1.165) is 42.2 Å². The number of hydrogen-bond acceptors (Lipinski definition) is 6. The molecule has 3 rings (SSSR count). The Morgan fingerprint density at radius 3 is 2.90 bits per heavy atom. The first-order valence-corrected chi connectivity index (χ1v) is 7.96. The standard InChI is InChI=1S/C14H18N4O2S/c1-10-12(17-20-16-10)9-15-11-4-6-18(7-5-11)14(19)13-3-2-8-21-13/h2-3,8,11,15H,4-7,9H2,1H3. The summed E-state index contributed by atoms with van der Waals surface area (Å²) in [5, 5.41) is 13.0. The van der Waals surface area contributed by atoms with Crippen molar-refractivity contribution >= 4 is 17.2 Å². The molecule has 1 amide bonds. The van der Waals surface area contributed by atoms with E-state index in [1.54, 1.807) is 0 Å². The average molecular weight is 306 g/mol. The van der Waals surface area contributed by atoms with Gasteiger partial charge in [0.15, 0.2) is 0 Å². The van der Waals surface area contributed by atoms with Crippen LogP contribution in [-0.4, -0.2) is 40.3 Å². The molecule has 2 aromatic rings. The Balaban J connectivity index is 1.47. The van der Waals surface area contributed by atoms with Crippen LogP contribution in [0.1, 0.15) is 33.9 Å². The van der Waals surface area contributed by atoms with E-state index in [0.29, 0.717) is 12.6 Å². The van der Waals surface area contributed by atoms with E-state index in [1.165, 1.54) is 11.3 Å². The zero-order chi connectivity index (χ0) is 14.7. The normalized spacial score (nSPS) is 16.3. The molecule has 0 aliphatic carbocycles. The van der Waals surface area contributed by atoms with Crippen molar-refractivity contribution in [3.05, 3.63) is 33.8 Å². The van der Waals surface area contributed by atoms with Crippen LogP contribution in [0.25, 0.3) is 0 Å². The molecule has 0 unspecified atom stereocenters. The third kappa shape index (κ3) is 3.30. The molecule has 0 spiro atoms. The minimum Gasteiger partial charge on any atom is -0.338 e. The summed E-state index contributed by atoms with van der Waals surface area (Å²) in [4.78, 5) is 15.0. The van der Waals surface area contributed by atoms with Crippen molar-refractivity contribution in [1.29, 1.82) is 0 Å². The van der Waals surface area contributed by atoms with Crippen LogP contribution in [0, 0.1) is 6.92 Å². The second-order valence-corrected chi connectivity index (χ2v) is 6.17. The fourth-order valence-electron chi connectivity index (χ4n) is 2.49. The van der Waals surface area contributed by atoms with Gasteiger partial charge in [0.05, 0.1) is 4.88 Å². The highest BCUT2D eigenvalue weighted by Gasteiger charge is 2.24. The van der Waals surface area contributed by atoms with E-state index < -0.39 is 0 Å². The van der Waals surface area contributed by atoms with Crippen LogP contribution in [0.2, 0.25) is 0 Å². The van der Waals surface area contributed by atoms with E-state index >= 15 is 0 Å². The van der Waals surface area contributed by atoms with Gasteiger partial charge in [-0.1, -0.05) is 16.4 Å². The summed E-state index contributed by atoms with van der Waals surface area (Å²) in [5.41, 5.74) is 1.68. The fourth-order valence-corrected chi connectivity index (χ4v) is 3.18. The van der Waals surface area contributed by atoms with Crippen LogP contribution in [0.5, 0.6) is 0 Å². The molecule has 0 radical (unpaired) electrons. The molecule has 0 saturated carbocycles. The Hall–Kier alpha value is -1.73. The minimum atomic E-state index is 0.153. The molecule has 0 aromatic carbocycles. The summed E-state index contributed by atoms with van der Waals surface area (Å²) in [6.45, 7) is 4.14. The SMILES string of the molecule is Cc1nonc1CNC1CCN(C(=O)c2cccs2)CC1. The van der Waals surface area contributed by atoms with E-state index in [4.69, 9.17) is 0 Å². The number of thiophene rings is 1. The zero-order valence-electron chi connectivity index (χ0n) is 11.9. The van der Waals surface area contributed by atoms with Gasteiger partial charge in [0.25, 0.3) is 5.91 Å². The van der Waals surface area contributed by atoms with Crippen molar-refractivity contribution in [2.24, 2.45) is 0 Å². The third-order valence-electron chi connectivity index (χ3n) is 3.82. The predicted molar refractivity (Wildman–Crippen MR) is 79.1 cm³/mol. The highest BCUT2D eigenvalue weighted by atomic mass is 32.1. The molecule has 21 heavy (non-hydrogen) atoms. The van der Waals surface area contributed by atoms with Crippen molar-refractivity contribution < 1.29 is 9.42 Å². The maximum Gasteiger partial charge on any atom is 0.263 e. The van der Waals surface area contributed by atoms with Gasteiger partial charge in [-0.2, -0.15) is 0 Å². The largest absolute Gasteiger partial charge is 0.338 e. The second-order valence-electron chi connectivity index (χ2n) is 5.22. The fraction of sp³-hybridized carbons (Fsp3) is 0.500. The molecule has 3 heterocycles. The first-order chi connectivity index (χ1) is 10.2. The van der Waals surface area contributed by atoms with Crippen LogP contribution in [0.15, 0.2) is 22.1 Å². The number of likely N-dealkylation sites (tertiary alicyclic amines) is 1. The van der Waals surface area contributed by atoms with Gasteiger partial charge in [-0.05, 0) is 31.2 Å². The Labute approximate surface area is 127 Å². The molecule has 1 fully saturated rings. The second kappa shape index (κ2) is 6.36. The number of piperidine rings is 1. The summed E-state index contributed by atoms with van der Waals surface area (Å²) in [6, 6.07) is 4.21. The molecular weight excluding hydrogens is 288 g/mol. The van der Waals surface area contributed by atoms with Crippen LogP contribution >= 0.6 is 11.3 Å². The number of aryl methyl sites for hydroxylation is 1. The molecule has 1 N–H and O–H groups in total.